The smallest absolute Gasteiger partial charge is 0.323 e. The Hall–Kier alpha value is -2.29. The second-order valence-corrected chi connectivity index (χ2v) is 11.3. The van der Waals surface area contributed by atoms with Crippen LogP contribution < -0.4 is 9.47 Å². The third-order valence-electron chi connectivity index (χ3n) is 6.35. The molecule has 0 amide bonds. The van der Waals surface area contributed by atoms with Crippen molar-refractivity contribution in [2.24, 2.45) is 0 Å². The van der Waals surface area contributed by atoms with Crippen LogP contribution in [0.3, 0.4) is 0 Å². The number of carbonyl (C=O) groups is 1. The van der Waals surface area contributed by atoms with Crippen LogP contribution in [-0.2, 0) is 15.6 Å². The maximum absolute atomic E-state index is 13.2. The summed E-state index contributed by atoms with van der Waals surface area (Å²) in [4.78, 5) is 13.2. The van der Waals surface area contributed by atoms with Gasteiger partial charge < -0.3 is 9.47 Å². The number of aryl methyl sites for hydroxylation is 2. The fraction of sp³-hybridized carbons (Fsp3) is 0.552. The summed E-state index contributed by atoms with van der Waals surface area (Å²) in [5.41, 5.74) is 6.30. The lowest BCUT2D eigenvalue weighted by atomic mass is 9.77. The molecule has 1 heterocycles. The van der Waals surface area contributed by atoms with E-state index in [-0.39, 0.29) is 16.8 Å². The van der Waals surface area contributed by atoms with E-state index in [0.717, 1.165) is 52.3 Å². The number of rotatable bonds is 6. The van der Waals surface area contributed by atoms with Crippen molar-refractivity contribution in [3.8, 4) is 11.5 Å². The number of benzene rings is 2. The zero-order chi connectivity index (χ0) is 23.8. The standard InChI is InChI=1S/C29H40O3/c1-10-11-12-13-31-25-18(2)14-20(15-19(25)3)24-22-16-21(28(4,5)6)17-23(29(7,8)9)26(22)32-27(24)30/h14-17,24H,10-13H2,1-9H3. The highest BCUT2D eigenvalue weighted by Crippen LogP contribution is 2.47. The Morgan fingerprint density at radius 3 is 2.06 bits per heavy atom. The van der Waals surface area contributed by atoms with Gasteiger partial charge in [0.1, 0.15) is 17.4 Å². The van der Waals surface area contributed by atoms with Gasteiger partial charge in [-0.2, -0.15) is 0 Å². The van der Waals surface area contributed by atoms with Gasteiger partial charge in [-0.3, -0.25) is 4.79 Å². The Morgan fingerprint density at radius 1 is 0.906 bits per heavy atom. The van der Waals surface area contributed by atoms with Crippen molar-refractivity contribution in [3.05, 3.63) is 57.6 Å². The van der Waals surface area contributed by atoms with Crippen molar-refractivity contribution in [1.29, 1.82) is 0 Å². The Balaban J connectivity index is 2.07. The summed E-state index contributed by atoms with van der Waals surface area (Å²) < 4.78 is 12.0. The Bertz CT molecular complexity index is 979. The molecule has 0 bridgehead atoms. The minimum atomic E-state index is -0.403. The zero-order valence-electron chi connectivity index (χ0n) is 21.4. The summed E-state index contributed by atoms with van der Waals surface area (Å²) in [6, 6.07) is 8.60. The number of fused-ring (bicyclic) bond motifs is 1. The van der Waals surface area contributed by atoms with E-state index in [1.807, 2.05) is 0 Å². The molecule has 0 saturated carbocycles. The molecule has 0 aromatic heterocycles. The monoisotopic (exact) mass is 436 g/mol. The van der Waals surface area contributed by atoms with Crippen molar-refractivity contribution >= 4 is 5.97 Å². The van der Waals surface area contributed by atoms with Gasteiger partial charge >= 0.3 is 5.97 Å². The van der Waals surface area contributed by atoms with Crippen LogP contribution in [0.25, 0.3) is 0 Å². The second-order valence-electron chi connectivity index (χ2n) is 11.3. The van der Waals surface area contributed by atoms with Gasteiger partial charge in [0.05, 0.1) is 6.61 Å². The Morgan fingerprint density at radius 2 is 1.53 bits per heavy atom. The molecule has 1 atom stereocenters. The topological polar surface area (TPSA) is 35.5 Å². The molecule has 0 spiro atoms. The maximum Gasteiger partial charge on any atom is 0.323 e. The zero-order valence-corrected chi connectivity index (χ0v) is 21.4. The predicted molar refractivity (Wildman–Crippen MR) is 132 cm³/mol. The van der Waals surface area contributed by atoms with Crippen LogP contribution in [0.4, 0.5) is 0 Å². The van der Waals surface area contributed by atoms with Crippen molar-refractivity contribution in [3.63, 3.8) is 0 Å². The van der Waals surface area contributed by atoms with Crippen LogP contribution in [0.1, 0.15) is 107 Å². The van der Waals surface area contributed by atoms with Crippen molar-refractivity contribution in [2.45, 2.75) is 98.3 Å². The second kappa shape index (κ2) is 8.92. The number of ether oxygens (including phenoxy) is 2. The van der Waals surface area contributed by atoms with E-state index in [1.54, 1.807) is 0 Å². The lowest BCUT2D eigenvalue weighted by Gasteiger charge is -2.27. The molecule has 0 aliphatic carbocycles. The van der Waals surface area contributed by atoms with Crippen LogP contribution in [0.15, 0.2) is 24.3 Å². The number of esters is 1. The van der Waals surface area contributed by atoms with Gasteiger partial charge in [-0.1, -0.05) is 85.6 Å². The largest absolute Gasteiger partial charge is 0.493 e. The summed E-state index contributed by atoms with van der Waals surface area (Å²) in [6.07, 6.45) is 3.41. The molecule has 3 rings (SSSR count). The fourth-order valence-electron chi connectivity index (χ4n) is 4.48. The molecule has 0 fully saturated rings. The van der Waals surface area contributed by atoms with Crippen LogP contribution >= 0.6 is 0 Å². The van der Waals surface area contributed by atoms with Crippen LogP contribution in [0, 0.1) is 13.8 Å². The minimum Gasteiger partial charge on any atom is -0.493 e. The maximum atomic E-state index is 13.2. The Labute approximate surface area is 194 Å². The third-order valence-corrected chi connectivity index (χ3v) is 6.35. The molecule has 0 saturated heterocycles. The molecule has 0 N–H and O–H groups in total. The van der Waals surface area contributed by atoms with Crippen LogP contribution in [-0.4, -0.2) is 12.6 Å². The molecule has 1 unspecified atom stereocenters. The summed E-state index contributed by atoms with van der Waals surface area (Å²) in [6.45, 7) is 20.2. The molecule has 2 aromatic carbocycles. The highest BCUT2D eigenvalue weighted by molar-refractivity contribution is 5.90. The first kappa shape index (κ1) is 24.4. The van der Waals surface area contributed by atoms with E-state index >= 15 is 0 Å². The summed E-state index contributed by atoms with van der Waals surface area (Å²) in [7, 11) is 0. The first-order valence-corrected chi connectivity index (χ1v) is 12.0. The average Bonchev–Trinajstić information content (AvgIpc) is 3.00. The van der Waals surface area contributed by atoms with Gasteiger partial charge in [0.25, 0.3) is 0 Å². The van der Waals surface area contributed by atoms with Gasteiger partial charge in [-0.15, -0.1) is 0 Å². The molecule has 3 nitrogen and oxygen atoms in total. The molecule has 1 aliphatic rings. The average molecular weight is 437 g/mol. The summed E-state index contributed by atoms with van der Waals surface area (Å²) in [5, 5.41) is 0. The highest BCUT2D eigenvalue weighted by atomic mass is 16.5. The summed E-state index contributed by atoms with van der Waals surface area (Å²) in [5.74, 6) is 1.10. The first-order valence-electron chi connectivity index (χ1n) is 12.0. The normalized spacial score (nSPS) is 16.2. The SMILES string of the molecule is CCCCCOc1c(C)cc(C2C(=O)Oc3c2cc(C(C)(C)C)cc3C(C)(C)C)cc1C. The molecule has 1 aliphatic heterocycles. The lowest BCUT2D eigenvalue weighted by molar-refractivity contribution is -0.133. The molecular weight excluding hydrogens is 396 g/mol. The van der Waals surface area contributed by atoms with Crippen molar-refractivity contribution in [2.75, 3.05) is 6.61 Å². The number of hydrogen-bond acceptors (Lipinski definition) is 3. The van der Waals surface area contributed by atoms with E-state index in [2.05, 4.69) is 86.6 Å². The molecule has 3 heteroatoms. The van der Waals surface area contributed by atoms with E-state index < -0.39 is 5.92 Å². The van der Waals surface area contributed by atoms with E-state index in [4.69, 9.17) is 9.47 Å². The molecule has 32 heavy (non-hydrogen) atoms. The van der Waals surface area contributed by atoms with Gasteiger partial charge in [0, 0.05) is 11.1 Å². The molecule has 174 valence electrons. The quantitative estimate of drug-likeness (QED) is 0.267. The first-order chi connectivity index (χ1) is 14.8. The van der Waals surface area contributed by atoms with Crippen LogP contribution in [0.5, 0.6) is 11.5 Å². The summed E-state index contributed by atoms with van der Waals surface area (Å²) >= 11 is 0. The van der Waals surface area contributed by atoms with E-state index in [9.17, 15) is 4.79 Å². The van der Waals surface area contributed by atoms with E-state index in [0.29, 0.717) is 0 Å². The number of unbranched alkanes of at least 4 members (excludes halogenated alkanes) is 2. The van der Waals surface area contributed by atoms with Crippen molar-refractivity contribution in [1.82, 2.24) is 0 Å². The van der Waals surface area contributed by atoms with Gasteiger partial charge in [0.2, 0.25) is 0 Å². The lowest BCUT2D eigenvalue weighted by Crippen LogP contribution is -2.17. The van der Waals surface area contributed by atoms with Crippen LogP contribution in [0.2, 0.25) is 0 Å². The number of hydrogen-bond donors (Lipinski definition) is 0. The van der Waals surface area contributed by atoms with Gasteiger partial charge in [0.15, 0.2) is 0 Å². The third kappa shape index (κ3) is 4.87. The number of carbonyl (C=O) groups excluding carboxylic acids is 1. The molecule has 0 radical (unpaired) electrons. The van der Waals surface area contributed by atoms with E-state index in [1.165, 1.54) is 18.4 Å². The highest BCUT2D eigenvalue weighted by Gasteiger charge is 2.39. The predicted octanol–water partition coefficient (Wildman–Crippen LogP) is 7.52. The van der Waals surface area contributed by atoms with Crippen molar-refractivity contribution < 1.29 is 14.3 Å². The molecule has 2 aromatic rings. The fourth-order valence-corrected chi connectivity index (χ4v) is 4.48. The van der Waals surface area contributed by atoms with Gasteiger partial charge in [-0.05, 0) is 53.4 Å². The minimum absolute atomic E-state index is 0.0206. The Kier molecular flexibility index (Phi) is 6.79. The van der Waals surface area contributed by atoms with Gasteiger partial charge in [-0.25, -0.2) is 0 Å². The molecular formula is C29H40O3.